The van der Waals surface area contributed by atoms with Crippen molar-refractivity contribution < 1.29 is 13.6 Å². The van der Waals surface area contributed by atoms with Gasteiger partial charge in [-0.3, -0.25) is 4.79 Å². The summed E-state index contributed by atoms with van der Waals surface area (Å²) >= 11 is -1.80. The minimum Gasteiger partial charge on any atom is -0.352 e. The maximum Gasteiger partial charge on any atom is 0.217 e. The first-order valence-electron chi connectivity index (χ1n) is 4.47. The van der Waals surface area contributed by atoms with E-state index >= 15 is 0 Å². The quantitative estimate of drug-likeness (QED) is 0.755. The second kappa shape index (κ2) is 5.63. The summed E-state index contributed by atoms with van der Waals surface area (Å²) in [7, 11) is 0. The Morgan fingerprint density at radius 3 is 2.33 bits per heavy atom. The number of benzene rings is 1. The zero-order valence-electron chi connectivity index (χ0n) is 8.40. The van der Waals surface area contributed by atoms with E-state index in [9.17, 15) is 9.00 Å². The zero-order chi connectivity index (χ0) is 11.3. The lowest BCUT2D eigenvalue weighted by molar-refractivity contribution is -0.119. The molecule has 1 aromatic rings. The molecule has 2 N–H and O–H groups in total. The third-order valence-corrected chi connectivity index (χ3v) is 2.43. The lowest BCUT2D eigenvalue weighted by Gasteiger charge is -2.03. The van der Waals surface area contributed by atoms with Gasteiger partial charge in [0.1, 0.15) is 0 Å². The van der Waals surface area contributed by atoms with Crippen LogP contribution in [0.5, 0.6) is 0 Å². The molecule has 0 heterocycles. The van der Waals surface area contributed by atoms with E-state index < -0.39 is 11.1 Å². The second-order valence-electron chi connectivity index (χ2n) is 3.19. The molecule has 0 bridgehead atoms. The van der Waals surface area contributed by atoms with Crippen LogP contribution >= 0.6 is 0 Å². The van der Waals surface area contributed by atoms with E-state index in [4.69, 9.17) is 4.55 Å². The fourth-order valence-corrected chi connectivity index (χ4v) is 1.60. The SMILES string of the molecule is CC(=O)NCc1ccc(CS(=O)O)cc1. The number of nitrogens with one attached hydrogen (secondary N) is 1. The highest BCUT2D eigenvalue weighted by atomic mass is 32.2. The molecule has 0 aromatic heterocycles. The molecule has 15 heavy (non-hydrogen) atoms. The van der Waals surface area contributed by atoms with Crippen LogP contribution in [0.3, 0.4) is 0 Å². The van der Waals surface area contributed by atoms with Crippen molar-refractivity contribution in [3.05, 3.63) is 35.4 Å². The van der Waals surface area contributed by atoms with Crippen LogP contribution in [0.15, 0.2) is 24.3 Å². The smallest absolute Gasteiger partial charge is 0.217 e. The highest BCUT2D eigenvalue weighted by Gasteiger charge is 1.98. The molecule has 0 spiro atoms. The van der Waals surface area contributed by atoms with Gasteiger partial charge in [0.2, 0.25) is 5.91 Å². The summed E-state index contributed by atoms with van der Waals surface area (Å²) in [4.78, 5) is 10.6. The van der Waals surface area contributed by atoms with Crippen LogP contribution in [-0.2, 0) is 28.2 Å². The predicted molar refractivity (Wildman–Crippen MR) is 58.4 cm³/mol. The molecular weight excluding hydrogens is 214 g/mol. The second-order valence-corrected chi connectivity index (χ2v) is 4.12. The number of amides is 1. The molecule has 1 amide bonds. The Kier molecular flexibility index (Phi) is 4.45. The molecule has 4 nitrogen and oxygen atoms in total. The van der Waals surface area contributed by atoms with Crippen molar-refractivity contribution >= 4 is 17.0 Å². The molecule has 0 radical (unpaired) electrons. The summed E-state index contributed by atoms with van der Waals surface area (Å²) in [5.41, 5.74) is 1.78. The Bertz CT molecular complexity index is 361. The lowest BCUT2D eigenvalue weighted by Crippen LogP contribution is -2.18. The summed E-state index contributed by atoms with van der Waals surface area (Å²) in [5, 5.41) is 2.67. The van der Waals surface area contributed by atoms with E-state index in [2.05, 4.69) is 5.32 Å². The Balaban J connectivity index is 2.56. The van der Waals surface area contributed by atoms with E-state index in [-0.39, 0.29) is 11.7 Å². The Labute approximate surface area is 91.0 Å². The summed E-state index contributed by atoms with van der Waals surface area (Å²) < 4.78 is 19.2. The van der Waals surface area contributed by atoms with Gasteiger partial charge in [0.15, 0.2) is 11.1 Å². The van der Waals surface area contributed by atoms with E-state index in [1.165, 1.54) is 6.92 Å². The minimum atomic E-state index is -1.80. The average Bonchev–Trinajstić information content (AvgIpc) is 2.16. The molecule has 1 unspecified atom stereocenters. The molecule has 1 aromatic carbocycles. The third-order valence-electron chi connectivity index (χ3n) is 1.85. The summed E-state index contributed by atoms with van der Waals surface area (Å²) in [6, 6.07) is 7.23. The van der Waals surface area contributed by atoms with E-state index in [1.54, 1.807) is 12.1 Å². The summed E-state index contributed by atoms with van der Waals surface area (Å²) in [5.74, 6) is 0.0657. The van der Waals surface area contributed by atoms with Gasteiger partial charge in [0, 0.05) is 13.5 Å². The van der Waals surface area contributed by atoms with Gasteiger partial charge in [-0.2, -0.15) is 0 Å². The lowest BCUT2D eigenvalue weighted by atomic mass is 10.1. The predicted octanol–water partition coefficient (Wildman–Crippen LogP) is 1.04. The van der Waals surface area contributed by atoms with Crippen LogP contribution in [0.2, 0.25) is 0 Å². The van der Waals surface area contributed by atoms with Crippen molar-refractivity contribution in [3.63, 3.8) is 0 Å². The normalized spacial score (nSPS) is 12.1. The van der Waals surface area contributed by atoms with Crippen molar-refractivity contribution in [2.75, 3.05) is 0 Å². The van der Waals surface area contributed by atoms with Crippen molar-refractivity contribution in [3.8, 4) is 0 Å². The molecule has 0 saturated heterocycles. The average molecular weight is 227 g/mol. The highest BCUT2D eigenvalue weighted by Crippen LogP contribution is 2.06. The fraction of sp³-hybridized carbons (Fsp3) is 0.300. The van der Waals surface area contributed by atoms with Crippen LogP contribution < -0.4 is 5.32 Å². The molecule has 0 aliphatic carbocycles. The van der Waals surface area contributed by atoms with E-state index in [1.807, 2.05) is 12.1 Å². The first-order valence-corrected chi connectivity index (χ1v) is 5.75. The van der Waals surface area contributed by atoms with Crippen LogP contribution in [0, 0.1) is 0 Å². The summed E-state index contributed by atoms with van der Waals surface area (Å²) in [6.45, 7) is 1.95. The number of rotatable bonds is 4. The van der Waals surface area contributed by atoms with Gasteiger partial charge in [-0.25, -0.2) is 4.21 Å². The van der Waals surface area contributed by atoms with E-state index in [0.717, 1.165) is 11.1 Å². The van der Waals surface area contributed by atoms with Gasteiger partial charge in [0.05, 0.1) is 5.75 Å². The molecule has 0 saturated carbocycles. The van der Waals surface area contributed by atoms with Gasteiger partial charge in [-0.15, -0.1) is 0 Å². The molecule has 5 heteroatoms. The number of carbonyl (C=O) groups is 1. The van der Waals surface area contributed by atoms with Crippen molar-refractivity contribution in [1.82, 2.24) is 5.32 Å². The molecule has 0 aliphatic rings. The maximum atomic E-state index is 10.6. The van der Waals surface area contributed by atoms with Crippen LogP contribution in [0.25, 0.3) is 0 Å². The molecule has 0 aliphatic heterocycles. The monoisotopic (exact) mass is 227 g/mol. The van der Waals surface area contributed by atoms with Gasteiger partial charge in [0.25, 0.3) is 0 Å². The topological polar surface area (TPSA) is 66.4 Å². The van der Waals surface area contributed by atoms with Crippen molar-refractivity contribution in [1.29, 1.82) is 0 Å². The standard InChI is InChI=1S/C10H13NO3S/c1-8(12)11-6-9-2-4-10(5-3-9)7-15(13)14/h2-5H,6-7H2,1H3,(H,11,12)(H,13,14). The molecule has 0 fully saturated rings. The molecule has 82 valence electrons. The maximum absolute atomic E-state index is 10.6. The number of carbonyl (C=O) groups excluding carboxylic acids is 1. The number of hydrogen-bond acceptors (Lipinski definition) is 2. The fourth-order valence-electron chi connectivity index (χ4n) is 1.12. The first-order chi connectivity index (χ1) is 7.08. The molecule has 1 rings (SSSR count). The van der Waals surface area contributed by atoms with Gasteiger partial charge < -0.3 is 9.87 Å². The summed E-state index contributed by atoms with van der Waals surface area (Å²) in [6.07, 6.45) is 0. The van der Waals surface area contributed by atoms with Crippen molar-refractivity contribution in [2.24, 2.45) is 0 Å². The molecule has 1 atom stereocenters. The van der Waals surface area contributed by atoms with E-state index in [0.29, 0.717) is 6.54 Å². The Morgan fingerprint density at radius 1 is 1.33 bits per heavy atom. The Hall–Kier alpha value is -1.20. The molecular formula is C10H13NO3S. The zero-order valence-corrected chi connectivity index (χ0v) is 9.21. The van der Waals surface area contributed by atoms with Gasteiger partial charge in [-0.1, -0.05) is 24.3 Å². The van der Waals surface area contributed by atoms with Gasteiger partial charge in [-0.05, 0) is 11.1 Å². The van der Waals surface area contributed by atoms with Gasteiger partial charge >= 0.3 is 0 Å². The number of hydrogen-bond donors (Lipinski definition) is 2. The van der Waals surface area contributed by atoms with Crippen molar-refractivity contribution in [2.45, 2.75) is 19.2 Å². The minimum absolute atomic E-state index is 0.0736. The Morgan fingerprint density at radius 2 is 1.87 bits per heavy atom. The first kappa shape index (κ1) is 11.9. The largest absolute Gasteiger partial charge is 0.352 e. The van der Waals surface area contributed by atoms with Crippen LogP contribution in [0.4, 0.5) is 0 Å². The third kappa shape index (κ3) is 4.71. The van der Waals surface area contributed by atoms with Crippen LogP contribution in [0.1, 0.15) is 18.1 Å². The highest BCUT2D eigenvalue weighted by molar-refractivity contribution is 7.78. The van der Waals surface area contributed by atoms with Crippen LogP contribution in [-0.4, -0.2) is 14.7 Å².